The number of benzene rings is 3. The van der Waals surface area contributed by atoms with Gasteiger partial charge in [-0.3, -0.25) is 0 Å². The van der Waals surface area contributed by atoms with Crippen molar-refractivity contribution in [3.8, 4) is 40.2 Å². The van der Waals surface area contributed by atoms with Crippen LogP contribution in [0.3, 0.4) is 0 Å². The van der Waals surface area contributed by atoms with Gasteiger partial charge in [-0.05, 0) is 83.8 Å². The molecule has 1 fully saturated rings. The van der Waals surface area contributed by atoms with E-state index in [0.29, 0.717) is 5.92 Å². The molecule has 0 bridgehead atoms. The minimum absolute atomic E-state index is 0.667. The topological polar surface area (TPSA) is 4.36 Å². The minimum atomic E-state index is 0.667. The fraction of sp³-hybridized carbons (Fsp3) is 0.276. The van der Waals surface area contributed by atoms with E-state index in [-0.39, 0.29) is 0 Å². The van der Waals surface area contributed by atoms with Crippen LogP contribution in [0.5, 0.6) is 0 Å². The van der Waals surface area contributed by atoms with Gasteiger partial charge in [0, 0.05) is 5.56 Å². The number of rotatable bonds is 3. The molecule has 148 valence electrons. The molecule has 0 atom stereocenters. The summed E-state index contributed by atoms with van der Waals surface area (Å²) in [6, 6.07) is 27.2. The second-order valence-corrected chi connectivity index (χ2v) is 8.05. The molecule has 0 heterocycles. The van der Waals surface area contributed by atoms with Crippen LogP contribution in [-0.4, -0.2) is 7.05 Å². The Kier molecular flexibility index (Phi) is 6.32. The fourth-order valence-corrected chi connectivity index (χ4v) is 4.48. The Bertz CT molecular complexity index is 1160. The van der Waals surface area contributed by atoms with E-state index >= 15 is 0 Å². The summed E-state index contributed by atoms with van der Waals surface area (Å²) in [5.74, 6) is 7.05. The highest BCUT2D eigenvalue weighted by Crippen LogP contribution is 2.36. The Morgan fingerprint density at radius 3 is 2.13 bits per heavy atom. The first-order valence-corrected chi connectivity index (χ1v) is 10.9. The molecule has 0 aliphatic heterocycles. The standard InChI is InChI=1S/C29H28N/c1-3-9-22-16-28(24-11-5-4-6-12-24)20-29(17-22)27-15-8-14-26(19-27)25-13-7-10-23(18-25)21-30-2/h7-8,10,13-20,24H,4-6,11-12H2,1-2H3/q+1. The molecule has 0 amide bonds. The normalized spacial score (nSPS) is 13.7. The zero-order valence-corrected chi connectivity index (χ0v) is 17.9. The van der Waals surface area contributed by atoms with Crippen molar-refractivity contribution in [1.82, 2.24) is 0 Å². The summed E-state index contributed by atoms with van der Waals surface area (Å²) >= 11 is 0. The van der Waals surface area contributed by atoms with Crippen LogP contribution in [0.4, 0.5) is 0 Å². The van der Waals surface area contributed by atoms with Gasteiger partial charge in [0.15, 0.2) is 0 Å². The molecule has 1 saturated carbocycles. The summed E-state index contributed by atoms with van der Waals surface area (Å²) in [5.41, 5.74) is 8.46. The predicted octanol–water partition coefficient (Wildman–Crippen LogP) is 7.75. The van der Waals surface area contributed by atoms with Gasteiger partial charge in [0.2, 0.25) is 0 Å². The van der Waals surface area contributed by atoms with E-state index in [4.69, 9.17) is 0 Å². The molecule has 3 aromatic rings. The second-order valence-electron chi connectivity index (χ2n) is 8.05. The molecule has 1 aliphatic rings. The molecular weight excluding hydrogens is 362 g/mol. The largest absolute Gasteiger partial charge is 0.310 e. The lowest BCUT2D eigenvalue weighted by Crippen LogP contribution is -2.05. The first kappa shape index (κ1) is 20.0. The van der Waals surface area contributed by atoms with Crippen LogP contribution >= 0.6 is 0 Å². The average Bonchev–Trinajstić information content (AvgIpc) is 2.80. The Morgan fingerprint density at radius 2 is 1.40 bits per heavy atom. The van der Waals surface area contributed by atoms with Gasteiger partial charge in [-0.15, -0.1) is 5.92 Å². The third-order valence-electron chi connectivity index (χ3n) is 5.93. The van der Waals surface area contributed by atoms with Crippen LogP contribution in [0, 0.1) is 17.9 Å². The third kappa shape index (κ3) is 4.64. The predicted molar refractivity (Wildman–Crippen MR) is 128 cm³/mol. The maximum atomic E-state index is 4.02. The first-order valence-electron chi connectivity index (χ1n) is 10.9. The average molecular weight is 391 g/mol. The zero-order chi connectivity index (χ0) is 20.8. The van der Waals surface area contributed by atoms with Gasteiger partial charge in [0.1, 0.15) is 5.56 Å². The van der Waals surface area contributed by atoms with Crippen molar-refractivity contribution in [2.24, 2.45) is 0 Å². The molecule has 30 heavy (non-hydrogen) atoms. The molecule has 0 unspecified atom stereocenters. The van der Waals surface area contributed by atoms with Crippen molar-refractivity contribution in [3.05, 3.63) is 88.3 Å². The number of nitrogens with zero attached hydrogens (tertiary/aromatic N) is 1. The molecule has 4 rings (SSSR count). The van der Waals surface area contributed by atoms with Crippen LogP contribution in [-0.2, 0) is 0 Å². The smallest absolute Gasteiger partial charge is 0.101 e. The molecule has 1 heteroatoms. The van der Waals surface area contributed by atoms with Crippen molar-refractivity contribution in [2.45, 2.75) is 44.9 Å². The number of hydrogen-bond acceptors (Lipinski definition) is 0. The molecule has 0 spiro atoms. The summed E-state index contributed by atoms with van der Waals surface area (Å²) in [7, 11) is 1.75. The van der Waals surface area contributed by atoms with Gasteiger partial charge in [-0.1, -0.05) is 66.4 Å². The molecule has 0 saturated heterocycles. The van der Waals surface area contributed by atoms with Crippen LogP contribution in [0.2, 0.25) is 0 Å². The maximum absolute atomic E-state index is 4.02. The highest BCUT2D eigenvalue weighted by Gasteiger charge is 2.17. The molecule has 0 N–H and O–H groups in total. The van der Waals surface area contributed by atoms with Crippen molar-refractivity contribution in [1.29, 1.82) is 0 Å². The van der Waals surface area contributed by atoms with E-state index in [0.717, 1.165) is 11.1 Å². The maximum Gasteiger partial charge on any atom is 0.310 e. The van der Waals surface area contributed by atoms with Gasteiger partial charge in [0.05, 0.1) is 0 Å². The van der Waals surface area contributed by atoms with Gasteiger partial charge in [0.25, 0.3) is 7.05 Å². The quantitative estimate of drug-likeness (QED) is 0.403. The van der Waals surface area contributed by atoms with E-state index in [1.807, 2.05) is 13.0 Å². The molecule has 0 radical (unpaired) electrons. The van der Waals surface area contributed by atoms with Crippen LogP contribution in [0.1, 0.15) is 61.6 Å². The lowest BCUT2D eigenvalue weighted by Gasteiger charge is -2.23. The van der Waals surface area contributed by atoms with Gasteiger partial charge in [-0.25, -0.2) is 0 Å². The van der Waals surface area contributed by atoms with Gasteiger partial charge >= 0.3 is 6.07 Å². The van der Waals surface area contributed by atoms with Crippen molar-refractivity contribution < 1.29 is 0 Å². The fourth-order valence-electron chi connectivity index (χ4n) is 4.48. The molecular formula is C29H28N+. The highest BCUT2D eigenvalue weighted by atomic mass is 14.6. The van der Waals surface area contributed by atoms with E-state index in [2.05, 4.69) is 83.4 Å². The van der Waals surface area contributed by atoms with Gasteiger partial charge < -0.3 is 0 Å². The lowest BCUT2D eigenvalue weighted by molar-refractivity contribution is 0.443. The molecule has 1 nitrogen and oxygen atoms in total. The highest BCUT2D eigenvalue weighted by molar-refractivity contribution is 5.75. The van der Waals surface area contributed by atoms with Crippen molar-refractivity contribution in [3.63, 3.8) is 0 Å². The van der Waals surface area contributed by atoms with E-state index in [9.17, 15) is 0 Å². The zero-order valence-electron chi connectivity index (χ0n) is 17.9. The summed E-state index contributed by atoms with van der Waals surface area (Å²) in [5, 5.41) is 0. The summed E-state index contributed by atoms with van der Waals surface area (Å²) < 4.78 is 0. The second kappa shape index (κ2) is 9.47. The monoisotopic (exact) mass is 390 g/mol. The van der Waals surface area contributed by atoms with Crippen LogP contribution in [0.25, 0.3) is 27.1 Å². The lowest BCUT2D eigenvalue weighted by atomic mass is 9.82. The van der Waals surface area contributed by atoms with Crippen LogP contribution in [0.15, 0.2) is 66.7 Å². The Labute approximate surface area is 180 Å². The minimum Gasteiger partial charge on any atom is -0.101 e. The number of hydrogen-bond donors (Lipinski definition) is 0. The summed E-state index contributed by atoms with van der Waals surface area (Å²) in [6.07, 6.45) is 6.65. The Morgan fingerprint density at radius 1 is 0.733 bits per heavy atom. The first-order chi connectivity index (χ1) is 14.8. The van der Waals surface area contributed by atoms with E-state index in [1.54, 1.807) is 7.05 Å². The van der Waals surface area contributed by atoms with Gasteiger partial charge in [-0.2, -0.15) is 0 Å². The molecule has 1 aliphatic carbocycles. The Hall–Kier alpha value is -3.29. The van der Waals surface area contributed by atoms with Crippen LogP contribution < -0.4 is 0 Å². The summed E-state index contributed by atoms with van der Waals surface area (Å²) in [6.45, 7) is 1.91. The molecule has 0 aromatic heterocycles. The van der Waals surface area contributed by atoms with E-state index in [1.165, 1.54) is 59.9 Å². The van der Waals surface area contributed by atoms with Crippen molar-refractivity contribution >= 4 is 0 Å². The SMILES string of the molecule is CC#Cc1cc(-c2cccc(-c3cccc(C#[N+]C)c3)c2)cc(C2CCCCC2)c1. The third-order valence-corrected chi connectivity index (χ3v) is 5.93. The van der Waals surface area contributed by atoms with Crippen molar-refractivity contribution in [2.75, 3.05) is 7.05 Å². The summed E-state index contributed by atoms with van der Waals surface area (Å²) in [4.78, 5) is 4.02. The molecule has 3 aromatic carbocycles. The van der Waals surface area contributed by atoms with E-state index < -0.39 is 0 Å². The Balaban J connectivity index is 1.75.